The van der Waals surface area contributed by atoms with Crippen molar-refractivity contribution in [1.82, 2.24) is 9.55 Å². The van der Waals surface area contributed by atoms with Crippen molar-refractivity contribution in [3.8, 4) is 0 Å². The second-order valence-electron chi connectivity index (χ2n) is 5.34. The Kier molecular flexibility index (Phi) is 5.33. The fourth-order valence-electron chi connectivity index (χ4n) is 2.28. The molecular formula is C14H22N2O5. The molecule has 0 radical (unpaired) electrons. The molecule has 0 unspecified atom stereocenters. The lowest BCUT2D eigenvalue weighted by atomic mass is 10.2. The van der Waals surface area contributed by atoms with Gasteiger partial charge in [-0.1, -0.05) is 13.3 Å². The van der Waals surface area contributed by atoms with Gasteiger partial charge in [0, 0.05) is 24.8 Å². The highest BCUT2D eigenvalue weighted by Crippen LogP contribution is 2.27. The first kappa shape index (κ1) is 15.9. The molecule has 1 aromatic heterocycles. The summed E-state index contributed by atoms with van der Waals surface area (Å²) in [6.45, 7) is 4.62. The summed E-state index contributed by atoms with van der Waals surface area (Å²) in [6.07, 6.45) is 2.05. The maximum atomic E-state index is 11.8. The van der Waals surface area contributed by atoms with Gasteiger partial charge >= 0.3 is 5.69 Å². The predicted molar refractivity (Wildman–Crippen MR) is 76.3 cm³/mol. The molecule has 0 bridgehead atoms. The number of aliphatic hydroxyl groups excluding tert-OH is 1. The molecule has 0 aromatic carbocycles. The van der Waals surface area contributed by atoms with Crippen LogP contribution in [0.3, 0.4) is 0 Å². The maximum absolute atomic E-state index is 11.8. The Morgan fingerprint density at radius 1 is 1.52 bits per heavy atom. The first-order valence-corrected chi connectivity index (χ1v) is 7.26. The van der Waals surface area contributed by atoms with Crippen molar-refractivity contribution in [3.05, 3.63) is 32.6 Å². The number of hydrogen-bond acceptors (Lipinski definition) is 5. The second-order valence-corrected chi connectivity index (χ2v) is 5.34. The fraction of sp³-hybridized carbons (Fsp3) is 0.714. The summed E-state index contributed by atoms with van der Waals surface area (Å²) in [7, 11) is 0. The molecule has 7 nitrogen and oxygen atoms in total. The van der Waals surface area contributed by atoms with E-state index >= 15 is 0 Å². The Morgan fingerprint density at radius 3 is 3.00 bits per heavy atom. The molecule has 2 N–H and O–H groups in total. The molecular weight excluding hydrogens is 276 g/mol. The van der Waals surface area contributed by atoms with Gasteiger partial charge in [0.05, 0.1) is 12.7 Å². The smallest absolute Gasteiger partial charge is 0.330 e. The van der Waals surface area contributed by atoms with E-state index in [9.17, 15) is 14.7 Å². The van der Waals surface area contributed by atoms with Crippen molar-refractivity contribution in [2.24, 2.45) is 0 Å². The number of nitrogens with one attached hydrogen (secondary N) is 1. The van der Waals surface area contributed by atoms with Crippen LogP contribution in [0.5, 0.6) is 0 Å². The van der Waals surface area contributed by atoms with Crippen LogP contribution in [0, 0.1) is 6.92 Å². The van der Waals surface area contributed by atoms with Gasteiger partial charge in [-0.2, -0.15) is 0 Å². The summed E-state index contributed by atoms with van der Waals surface area (Å²) < 4.78 is 12.4. The van der Waals surface area contributed by atoms with Crippen LogP contribution < -0.4 is 11.2 Å². The molecule has 2 rings (SSSR count). The van der Waals surface area contributed by atoms with Crippen molar-refractivity contribution < 1.29 is 14.6 Å². The lowest BCUT2D eigenvalue weighted by Crippen LogP contribution is -2.33. The van der Waals surface area contributed by atoms with Crippen molar-refractivity contribution >= 4 is 0 Å². The van der Waals surface area contributed by atoms with Crippen molar-refractivity contribution in [3.63, 3.8) is 0 Å². The molecule has 0 saturated carbocycles. The molecule has 1 aromatic rings. The number of ether oxygens (including phenoxy) is 2. The summed E-state index contributed by atoms with van der Waals surface area (Å²) in [5.41, 5.74) is -0.514. The highest BCUT2D eigenvalue weighted by Gasteiger charge is 2.35. The van der Waals surface area contributed by atoms with Gasteiger partial charge in [-0.05, 0) is 13.3 Å². The van der Waals surface area contributed by atoms with Gasteiger partial charge in [-0.15, -0.1) is 0 Å². The average molecular weight is 298 g/mol. The number of aromatic nitrogens is 2. The van der Waals surface area contributed by atoms with Crippen LogP contribution in [0.2, 0.25) is 0 Å². The van der Waals surface area contributed by atoms with Gasteiger partial charge in [0.2, 0.25) is 0 Å². The van der Waals surface area contributed by atoms with Crippen molar-refractivity contribution in [2.75, 3.05) is 13.2 Å². The summed E-state index contributed by atoms with van der Waals surface area (Å²) in [5, 5.41) is 10.00. The quantitative estimate of drug-likeness (QED) is 0.737. The van der Waals surface area contributed by atoms with Crippen LogP contribution >= 0.6 is 0 Å². The van der Waals surface area contributed by atoms with E-state index in [0.29, 0.717) is 25.2 Å². The van der Waals surface area contributed by atoms with E-state index in [1.165, 1.54) is 10.8 Å². The first-order chi connectivity index (χ1) is 10.0. The SMILES string of the molecule is CCCCOC[C@H]1O[C@@H](n2cc(C)c(=O)[nH]c2=O)C[C@@H]1O. The van der Waals surface area contributed by atoms with Crippen LogP contribution in [-0.4, -0.2) is 40.1 Å². The van der Waals surface area contributed by atoms with E-state index in [1.807, 2.05) is 0 Å². The molecule has 0 amide bonds. The van der Waals surface area contributed by atoms with E-state index in [0.717, 1.165) is 12.8 Å². The number of unbranched alkanes of at least 4 members (excludes halogenated alkanes) is 1. The van der Waals surface area contributed by atoms with Gasteiger partial charge in [-0.3, -0.25) is 14.3 Å². The number of aromatic amines is 1. The van der Waals surface area contributed by atoms with Crippen LogP contribution in [-0.2, 0) is 9.47 Å². The lowest BCUT2D eigenvalue weighted by molar-refractivity contribution is -0.0637. The van der Waals surface area contributed by atoms with E-state index < -0.39 is 29.7 Å². The van der Waals surface area contributed by atoms with E-state index in [2.05, 4.69) is 11.9 Å². The standard InChI is InChI=1S/C14H22N2O5/c1-3-4-5-20-8-11-10(17)6-12(21-11)16-7-9(2)13(18)15-14(16)19/h7,10-12,17H,3-6,8H2,1-2H3,(H,15,18,19)/t10-,11+,12+/m0/s1. The summed E-state index contributed by atoms with van der Waals surface area (Å²) in [5.74, 6) is 0. The zero-order chi connectivity index (χ0) is 15.4. The maximum Gasteiger partial charge on any atom is 0.330 e. The summed E-state index contributed by atoms with van der Waals surface area (Å²) >= 11 is 0. The molecule has 118 valence electrons. The Labute approximate surface area is 122 Å². The van der Waals surface area contributed by atoms with Gasteiger partial charge in [0.1, 0.15) is 12.3 Å². The zero-order valence-corrected chi connectivity index (χ0v) is 12.4. The molecule has 0 spiro atoms. The average Bonchev–Trinajstić information content (AvgIpc) is 2.80. The Hall–Kier alpha value is -1.44. The van der Waals surface area contributed by atoms with Crippen LogP contribution in [0.25, 0.3) is 0 Å². The summed E-state index contributed by atoms with van der Waals surface area (Å²) in [6, 6.07) is 0. The monoisotopic (exact) mass is 298 g/mol. The van der Waals surface area contributed by atoms with E-state index in [-0.39, 0.29) is 0 Å². The highest BCUT2D eigenvalue weighted by molar-refractivity contribution is 5.02. The van der Waals surface area contributed by atoms with Gasteiger partial charge in [0.15, 0.2) is 0 Å². The minimum Gasteiger partial charge on any atom is -0.390 e. The van der Waals surface area contributed by atoms with Crippen molar-refractivity contribution in [1.29, 1.82) is 0 Å². The predicted octanol–water partition coefficient (Wildman–Crippen LogP) is 0.310. The number of rotatable bonds is 6. The largest absolute Gasteiger partial charge is 0.390 e. The minimum absolute atomic E-state index is 0.299. The van der Waals surface area contributed by atoms with Gasteiger partial charge in [0.25, 0.3) is 5.56 Å². The molecule has 1 saturated heterocycles. The molecule has 2 heterocycles. The molecule has 0 aliphatic carbocycles. The Morgan fingerprint density at radius 2 is 2.29 bits per heavy atom. The van der Waals surface area contributed by atoms with E-state index in [1.54, 1.807) is 6.92 Å². The Bertz CT molecular complexity index is 579. The number of aryl methyl sites for hydroxylation is 1. The lowest BCUT2D eigenvalue weighted by Gasteiger charge is -2.16. The zero-order valence-electron chi connectivity index (χ0n) is 12.4. The summed E-state index contributed by atoms with van der Waals surface area (Å²) in [4.78, 5) is 25.4. The second kappa shape index (κ2) is 7.02. The minimum atomic E-state index is -0.684. The van der Waals surface area contributed by atoms with E-state index in [4.69, 9.17) is 9.47 Å². The van der Waals surface area contributed by atoms with Crippen molar-refractivity contribution in [2.45, 2.75) is 51.5 Å². The molecule has 1 fully saturated rings. The van der Waals surface area contributed by atoms with Crippen LogP contribution in [0.1, 0.15) is 38.0 Å². The molecule has 1 aliphatic rings. The number of nitrogens with zero attached hydrogens (tertiary/aromatic N) is 1. The molecule has 3 atom stereocenters. The highest BCUT2D eigenvalue weighted by atomic mass is 16.6. The van der Waals surface area contributed by atoms with Crippen LogP contribution in [0.15, 0.2) is 15.8 Å². The third-order valence-electron chi connectivity index (χ3n) is 3.58. The topological polar surface area (TPSA) is 93.5 Å². The first-order valence-electron chi connectivity index (χ1n) is 7.26. The number of H-pyrrole nitrogens is 1. The van der Waals surface area contributed by atoms with Gasteiger partial charge < -0.3 is 14.6 Å². The molecule has 1 aliphatic heterocycles. The normalized spacial score (nSPS) is 25.4. The fourth-order valence-corrected chi connectivity index (χ4v) is 2.28. The molecule has 21 heavy (non-hydrogen) atoms. The number of aliphatic hydroxyl groups is 1. The van der Waals surface area contributed by atoms with Crippen LogP contribution in [0.4, 0.5) is 0 Å². The van der Waals surface area contributed by atoms with Gasteiger partial charge in [-0.25, -0.2) is 4.79 Å². The third kappa shape index (κ3) is 3.81. The number of hydrogen-bond donors (Lipinski definition) is 2. The third-order valence-corrected chi connectivity index (χ3v) is 3.58. The molecule has 7 heteroatoms. The Balaban J connectivity index is 2.02.